The highest BCUT2D eigenvalue weighted by atomic mass is 16.5. The van der Waals surface area contributed by atoms with E-state index < -0.39 is 0 Å². The number of nitrogens with zero attached hydrogens (tertiary/aromatic N) is 3. The van der Waals surface area contributed by atoms with E-state index in [0.29, 0.717) is 39.6 Å². The molecule has 0 N–H and O–H groups in total. The SMILES string of the molecule is COCCOCCCN1CN(CCCOCCOC)CN(CCCOCCOC)C1. The van der Waals surface area contributed by atoms with E-state index in [1.807, 2.05) is 0 Å². The predicted octanol–water partition coefficient (Wildman–Crippen LogP) is 0.938. The van der Waals surface area contributed by atoms with E-state index >= 15 is 0 Å². The summed E-state index contributed by atoms with van der Waals surface area (Å²) in [6.07, 6.45) is 3.10. The van der Waals surface area contributed by atoms with Gasteiger partial charge in [0.2, 0.25) is 0 Å². The predicted molar refractivity (Wildman–Crippen MR) is 117 cm³/mol. The van der Waals surface area contributed by atoms with Gasteiger partial charge in [-0.15, -0.1) is 0 Å². The molecule has 1 rings (SSSR count). The Morgan fingerprint density at radius 1 is 0.433 bits per heavy atom. The zero-order valence-corrected chi connectivity index (χ0v) is 19.5. The summed E-state index contributed by atoms with van der Waals surface area (Å²) < 4.78 is 31.9. The fraction of sp³-hybridized carbons (Fsp3) is 1.00. The summed E-state index contributed by atoms with van der Waals surface area (Å²) in [7, 11) is 5.10. The molecule has 0 aromatic rings. The molecule has 1 saturated heterocycles. The summed E-state index contributed by atoms with van der Waals surface area (Å²) >= 11 is 0. The quantitative estimate of drug-likeness (QED) is 0.245. The van der Waals surface area contributed by atoms with Gasteiger partial charge in [0.15, 0.2) is 0 Å². The molecule has 0 spiro atoms. The molecule has 0 amide bonds. The average molecular weight is 436 g/mol. The van der Waals surface area contributed by atoms with Crippen molar-refractivity contribution in [3.8, 4) is 0 Å². The largest absolute Gasteiger partial charge is 0.382 e. The standard InChI is InChI=1S/C21H45N3O6/c1-25-13-16-28-10-4-7-22-19-23(8-5-11-29-17-14-26-2)21-24(20-22)9-6-12-30-18-15-27-3/h4-21H2,1-3H3. The number of hydrogen-bond donors (Lipinski definition) is 0. The first-order chi connectivity index (χ1) is 14.8. The Labute approximate surface area is 183 Å². The van der Waals surface area contributed by atoms with Crippen LogP contribution in [0.1, 0.15) is 19.3 Å². The Hall–Kier alpha value is -0.360. The molecule has 0 unspecified atom stereocenters. The normalized spacial score (nSPS) is 16.5. The minimum Gasteiger partial charge on any atom is -0.382 e. The van der Waals surface area contributed by atoms with Crippen LogP contribution in [0.4, 0.5) is 0 Å². The van der Waals surface area contributed by atoms with Gasteiger partial charge in [-0.25, -0.2) is 0 Å². The smallest absolute Gasteiger partial charge is 0.0700 e. The molecule has 0 radical (unpaired) electrons. The molecular formula is C21H45N3O6. The Balaban J connectivity index is 2.29. The molecule has 9 heteroatoms. The molecule has 1 aliphatic heterocycles. The minimum atomic E-state index is 0.657. The molecule has 0 aromatic heterocycles. The van der Waals surface area contributed by atoms with Gasteiger partial charge in [0.25, 0.3) is 0 Å². The van der Waals surface area contributed by atoms with Crippen LogP contribution in [0.3, 0.4) is 0 Å². The van der Waals surface area contributed by atoms with E-state index in [9.17, 15) is 0 Å². The van der Waals surface area contributed by atoms with Crippen LogP contribution < -0.4 is 0 Å². The molecule has 1 fully saturated rings. The van der Waals surface area contributed by atoms with Crippen LogP contribution >= 0.6 is 0 Å². The van der Waals surface area contributed by atoms with E-state index in [4.69, 9.17) is 28.4 Å². The third-order valence-electron chi connectivity index (χ3n) is 4.78. The number of methoxy groups -OCH3 is 3. The molecule has 180 valence electrons. The monoisotopic (exact) mass is 435 g/mol. The average Bonchev–Trinajstić information content (AvgIpc) is 2.75. The van der Waals surface area contributed by atoms with Gasteiger partial charge in [-0.05, 0) is 19.3 Å². The van der Waals surface area contributed by atoms with Crippen LogP contribution in [0.2, 0.25) is 0 Å². The summed E-state index contributed by atoms with van der Waals surface area (Å²) in [5.74, 6) is 0. The summed E-state index contributed by atoms with van der Waals surface area (Å²) in [5.41, 5.74) is 0. The number of ether oxygens (including phenoxy) is 6. The lowest BCUT2D eigenvalue weighted by Gasteiger charge is -2.42. The third kappa shape index (κ3) is 15.4. The summed E-state index contributed by atoms with van der Waals surface area (Å²) in [4.78, 5) is 7.50. The van der Waals surface area contributed by atoms with Crippen molar-refractivity contribution in [1.29, 1.82) is 0 Å². The van der Waals surface area contributed by atoms with E-state index in [1.165, 1.54) is 0 Å². The van der Waals surface area contributed by atoms with Gasteiger partial charge in [-0.1, -0.05) is 0 Å². The first-order valence-electron chi connectivity index (χ1n) is 11.2. The van der Waals surface area contributed by atoms with Gasteiger partial charge >= 0.3 is 0 Å². The number of rotatable bonds is 21. The molecule has 30 heavy (non-hydrogen) atoms. The van der Waals surface area contributed by atoms with Crippen molar-refractivity contribution in [2.45, 2.75) is 19.3 Å². The molecule has 0 atom stereocenters. The summed E-state index contributed by atoms with van der Waals surface area (Å²) in [5, 5.41) is 0. The van der Waals surface area contributed by atoms with E-state index in [1.54, 1.807) is 21.3 Å². The van der Waals surface area contributed by atoms with Crippen LogP contribution in [0.25, 0.3) is 0 Å². The first-order valence-corrected chi connectivity index (χ1v) is 11.2. The van der Waals surface area contributed by atoms with Crippen LogP contribution in [0.5, 0.6) is 0 Å². The fourth-order valence-corrected chi connectivity index (χ4v) is 3.31. The molecule has 1 aliphatic rings. The van der Waals surface area contributed by atoms with Gasteiger partial charge in [0.05, 0.1) is 59.6 Å². The lowest BCUT2D eigenvalue weighted by atomic mass is 10.3. The van der Waals surface area contributed by atoms with Crippen molar-refractivity contribution in [2.75, 3.05) is 120 Å². The maximum absolute atomic E-state index is 5.61. The fourth-order valence-electron chi connectivity index (χ4n) is 3.31. The summed E-state index contributed by atoms with van der Waals surface area (Å²) in [6, 6.07) is 0. The highest BCUT2D eigenvalue weighted by molar-refractivity contribution is 4.70. The van der Waals surface area contributed by atoms with Gasteiger partial charge in [0.1, 0.15) is 0 Å². The molecular weight excluding hydrogens is 390 g/mol. The Morgan fingerprint density at radius 2 is 0.733 bits per heavy atom. The molecule has 0 saturated carbocycles. The topological polar surface area (TPSA) is 65.1 Å². The van der Waals surface area contributed by atoms with Crippen molar-refractivity contribution in [1.82, 2.24) is 14.7 Å². The molecule has 0 aliphatic carbocycles. The molecule has 0 aromatic carbocycles. The van der Waals surface area contributed by atoms with E-state index in [2.05, 4.69) is 14.7 Å². The van der Waals surface area contributed by atoms with E-state index in [0.717, 1.165) is 78.7 Å². The Kier molecular flexibility index (Phi) is 18.9. The molecule has 0 bridgehead atoms. The second kappa shape index (κ2) is 20.5. The number of hydrogen-bond acceptors (Lipinski definition) is 9. The Morgan fingerprint density at radius 3 is 1.00 bits per heavy atom. The van der Waals surface area contributed by atoms with Crippen molar-refractivity contribution in [3.63, 3.8) is 0 Å². The van der Waals surface area contributed by atoms with Crippen molar-refractivity contribution >= 4 is 0 Å². The van der Waals surface area contributed by atoms with Gasteiger partial charge in [-0.3, -0.25) is 14.7 Å². The zero-order valence-electron chi connectivity index (χ0n) is 19.5. The maximum Gasteiger partial charge on any atom is 0.0700 e. The molecule has 9 nitrogen and oxygen atoms in total. The second-order valence-electron chi connectivity index (χ2n) is 7.48. The lowest BCUT2D eigenvalue weighted by Crippen LogP contribution is -2.55. The minimum absolute atomic E-state index is 0.657. The van der Waals surface area contributed by atoms with Crippen molar-refractivity contribution in [3.05, 3.63) is 0 Å². The lowest BCUT2D eigenvalue weighted by molar-refractivity contribution is -0.0404. The Bertz CT molecular complexity index is 309. The summed E-state index contributed by atoms with van der Waals surface area (Å²) in [6.45, 7) is 12.4. The van der Waals surface area contributed by atoms with Gasteiger partial charge in [0, 0.05) is 60.8 Å². The van der Waals surface area contributed by atoms with Crippen LogP contribution in [-0.2, 0) is 28.4 Å². The van der Waals surface area contributed by atoms with Crippen LogP contribution in [0, 0.1) is 0 Å². The third-order valence-corrected chi connectivity index (χ3v) is 4.78. The van der Waals surface area contributed by atoms with Gasteiger partial charge < -0.3 is 28.4 Å². The molecule has 1 heterocycles. The van der Waals surface area contributed by atoms with Crippen LogP contribution in [0.15, 0.2) is 0 Å². The van der Waals surface area contributed by atoms with Crippen molar-refractivity contribution in [2.24, 2.45) is 0 Å². The zero-order chi connectivity index (χ0) is 21.7. The van der Waals surface area contributed by atoms with Gasteiger partial charge in [-0.2, -0.15) is 0 Å². The highest BCUT2D eigenvalue weighted by Gasteiger charge is 2.22. The van der Waals surface area contributed by atoms with Crippen LogP contribution in [-0.4, -0.2) is 135 Å². The first kappa shape index (κ1) is 27.7. The maximum atomic E-state index is 5.61. The highest BCUT2D eigenvalue weighted by Crippen LogP contribution is 2.10. The second-order valence-corrected chi connectivity index (χ2v) is 7.48. The van der Waals surface area contributed by atoms with E-state index in [-0.39, 0.29) is 0 Å². The van der Waals surface area contributed by atoms with Crippen molar-refractivity contribution < 1.29 is 28.4 Å².